The van der Waals surface area contributed by atoms with E-state index in [-0.39, 0.29) is 12.1 Å². The van der Waals surface area contributed by atoms with Gasteiger partial charge in [-0.15, -0.1) is 11.6 Å². The minimum atomic E-state index is -0.823. The van der Waals surface area contributed by atoms with Crippen LogP contribution in [0.3, 0.4) is 0 Å². The summed E-state index contributed by atoms with van der Waals surface area (Å²) in [6.45, 7) is -0.0209. The fourth-order valence-electron chi connectivity index (χ4n) is 0.799. The maximum atomic E-state index is 11.0. The lowest BCUT2D eigenvalue weighted by Crippen LogP contribution is -2.30. The Morgan fingerprint density at radius 3 is 2.92 bits per heavy atom. The van der Waals surface area contributed by atoms with Crippen molar-refractivity contribution < 1.29 is 0 Å². The Kier molecular flexibility index (Phi) is 2.88. The number of nitrogens with zero attached hydrogens (tertiary/aromatic N) is 2. The highest BCUT2D eigenvalue weighted by atomic mass is 35.5. The molecule has 0 spiro atoms. The van der Waals surface area contributed by atoms with Gasteiger partial charge in [0.1, 0.15) is 5.38 Å². The number of hydrogen-bond acceptors (Lipinski definition) is 3. The number of hydrogen-bond donors (Lipinski definition) is 1. The fourth-order valence-corrected chi connectivity index (χ4v) is 0.937. The molecule has 0 aliphatic heterocycles. The lowest BCUT2D eigenvalue weighted by Gasteiger charge is -2.03. The number of aromatic amines is 1. The van der Waals surface area contributed by atoms with E-state index in [4.69, 9.17) is 16.9 Å². The van der Waals surface area contributed by atoms with Crippen LogP contribution in [-0.4, -0.2) is 15.2 Å². The van der Waals surface area contributed by atoms with E-state index < -0.39 is 10.9 Å². The lowest BCUT2D eigenvalue weighted by atomic mass is 10.4. The smallest absolute Gasteiger partial charge is 0.265 e. The summed E-state index contributed by atoms with van der Waals surface area (Å²) in [7, 11) is 0. The summed E-state index contributed by atoms with van der Waals surface area (Å²) in [6.07, 6.45) is 0. The lowest BCUT2D eigenvalue weighted by molar-refractivity contribution is 0.583. The third kappa shape index (κ3) is 2.46. The summed E-state index contributed by atoms with van der Waals surface area (Å²) >= 11 is 5.48. The van der Waals surface area contributed by atoms with E-state index in [0.717, 1.165) is 16.8 Å². The van der Waals surface area contributed by atoms with Crippen LogP contribution in [0.25, 0.3) is 0 Å². The molecule has 5 nitrogen and oxygen atoms in total. The highest BCUT2D eigenvalue weighted by Crippen LogP contribution is 1.93. The molecule has 1 rings (SSSR count). The fraction of sp³-hybridized carbons (Fsp3) is 0.286. The topological polar surface area (TPSA) is 78.7 Å². The van der Waals surface area contributed by atoms with Gasteiger partial charge in [-0.25, -0.2) is 4.68 Å². The Hall–Kier alpha value is -1.54. The molecule has 6 heteroatoms. The van der Waals surface area contributed by atoms with Crippen LogP contribution in [-0.2, 0) is 6.54 Å². The molecule has 0 fully saturated rings. The van der Waals surface area contributed by atoms with Gasteiger partial charge in [0.15, 0.2) is 0 Å². The first kappa shape index (κ1) is 9.55. The molecule has 1 N–H and O–H groups in total. The first-order chi connectivity index (χ1) is 6.13. The summed E-state index contributed by atoms with van der Waals surface area (Å²) < 4.78 is 1.00. The van der Waals surface area contributed by atoms with E-state index >= 15 is 0 Å². The largest absolute Gasteiger partial charge is 0.268 e. The highest BCUT2D eigenvalue weighted by molar-refractivity contribution is 6.22. The van der Waals surface area contributed by atoms with Gasteiger partial charge in [-0.2, -0.15) is 5.26 Å². The molecule has 1 aromatic rings. The predicted octanol–water partition coefficient (Wildman–Crippen LogP) is -0.332. The van der Waals surface area contributed by atoms with E-state index in [1.165, 1.54) is 0 Å². The molecule has 0 aliphatic carbocycles. The van der Waals surface area contributed by atoms with Gasteiger partial charge in [0, 0.05) is 12.1 Å². The molecular weight excluding hydrogens is 194 g/mol. The molecule has 68 valence electrons. The molecule has 0 radical (unpaired) electrons. The molecule has 0 saturated carbocycles. The van der Waals surface area contributed by atoms with Crippen LogP contribution in [0.15, 0.2) is 21.7 Å². The van der Waals surface area contributed by atoms with Crippen LogP contribution in [0.2, 0.25) is 0 Å². The summed E-state index contributed by atoms with van der Waals surface area (Å²) in [4.78, 5) is 21.8. The predicted molar refractivity (Wildman–Crippen MR) is 46.6 cm³/mol. The number of H-pyrrole nitrogens is 1. The van der Waals surface area contributed by atoms with Crippen molar-refractivity contribution >= 4 is 11.6 Å². The van der Waals surface area contributed by atoms with Crippen LogP contribution in [0.4, 0.5) is 0 Å². The zero-order valence-corrected chi connectivity index (χ0v) is 7.28. The first-order valence-corrected chi connectivity index (χ1v) is 3.91. The van der Waals surface area contributed by atoms with Crippen molar-refractivity contribution in [1.82, 2.24) is 9.78 Å². The number of halogens is 1. The zero-order chi connectivity index (χ0) is 9.84. The van der Waals surface area contributed by atoms with Crippen molar-refractivity contribution in [3.63, 3.8) is 0 Å². The second kappa shape index (κ2) is 3.92. The van der Waals surface area contributed by atoms with Crippen molar-refractivity contribution in [2.75, 3.05) is 0 Å². The summed E-state index contributed by atoms with van der Waals surface area (Å²) in [5, 5.41) is 9.80. The molecule has 0 saturated heterocycles. The summed E-state index contributed by atoms with van der Waals surface area (Å²) in [6, 6.07) is 3.99. The summed E-state index contributed by atoms with van der Waals surface area (Å²) in [5.41, 5.74) is -0.790. The van der Waals surface area contributed by atoms with E-state index in [9.17, 15) is 9.59 Å². The first-order valence-electron chi connectivity index (χ1n) is 3.47. The van der Waals surface area contributed by atoms with Crippen LogP contribution in [0.5, 0.6) is 0 Å². The minimum Gasteiger partial charge on any atom is -0.268 e. The molecule has 0 bridgehead atoms. The SMILES string of the molecule is N#CC(Cl)Cn1[nH]c(=O)ccc1=O. The number of alkyl halides is 1. The average molecular weight is 200 g/mol. The van der Waals surface area contributed by atoms with Gasteiger partial charge in [-0.3, -0.25) is 14.7 Å². The molecular formula is C7H6ClN3O2. The molecule has 1 atom stereocenters. The average Bonchev–Trinajstić information content (AvgIpc) is 2.11. The maximum absolute atomic E-state index is 11.0. The number of nitriles is 1. The van der Waals surface area contributed by atoms with Crippen LogP contribution < -0.4 is 11.1 Å². The second-order valence-electron chi connectivity index (χ2n) is 2.35. The number of nitrogens with one attached hydrogen (secondary N) is 1. The standard InChI is InChI=1S/C7H6ClN3O2/c8-5(3-9)4-11-7(13)2-1-6(12)10-11/h1-2,5H,4H2,(H,10,12). The van der Waals surface area contributed by atoms with Crippen molar-refractivity contribution in [2.24, 2.45) is 0 Å². The van der Waals surface area contributed by atoms with Crippen molar-refractivity contribution in [3.8, 4) is 6.07 Å². The molecule has 13 heavy (non-hydrogen) atoms. The van der Waals surface area contributed by atoms with Gasteiger partial charge < -0.3 is 0 Å². The van der Waals surface area contributed by atoms with Gasteiger partial charge in [-0.1, -0.05) is 0 Å². The zero-order valence-electron chi connectivity index (χ0n) is 6.53. The normalized spacial score (nSPS) is 12.0. The van der Waals surface area contributed by atoms with E-state index in [1.807, 2.05) is 0 Å². The maximum Gasteiger partial charge on any atom is 0.265 e. The van der Waals surface area contributed by atoms with Gasteiger partial charge in [0.2, 0.25) is 0 Å². The van der Waals surface area contributed by atoms with E-state index in [0.29, 0.717) is 0 Å². The van der Waals surface area contributed by atoms with Gasteiger partial charge in [0.05, 0.1) is 12.6 Å². The Labute approximate surface area is 78.2 Å². The van der Waals surface area contributed by atoms with Crippen LogP contribution in [0, 0.1) is 11.3 Å². The van der Waals surface area contributed by atoms with Crippen LogP contribution in [0.1, 0.15) is 0 Å². The Morgan fingerprint density at radius 2 is 2.31 bits per heavy atom. The number of rotatable bonds is 2. The van der Waals surface area contributed by atoms with E-state index in [1.54, 1.807) is 6.07 Å². The van der Waals surface area contributed by atoms with Gasteiger partial charge >= 0.3 is 0 Å². The molecule has 1 aromatic heterocycles. The van der Waals surface area contributed by atoms with Crippen molar-refractivity contribution in [1.29, 1.82) is 5.26 Å². The molecule has 0 amide bonds. The number of aromatic nitrogens is 2. The quantitative estimate of drug-likeness (QED) is 0.663. The third-order valence-electron chi connectivity index (χ3n) is 1.37. The van der Waals surface area contributed by atoms with Gasteiger partial charge in [0.25, 0.3) is 11.1 Å². The monoisotopic (exact) mass is 199 g/mol. The molecule has 1 heterocycles. The molecule has 0 aromatic carbocycles. The van der Waals surface area contributed by atoms with Crippen LogP contribution >= 0.6 is 11.6 Å². The Bertz CT molecular complexity index is 442. The van der Waals surface area contributed by atoms with E-state index in [2.05, 4.69) is 5.10 Å². The van der Waals surface area contributed by atoms with Crippen molar-refractivity contribution in [3.05, 3.63) is 32.8 Å². The molecule has 1 unspecified atom stereocenters. The Morgan fingerprint density at radius 1 is 1.62 bits per heavy atom. The highest BCUT2D eigenvalue weighted by Gasteiger charge is 2.04. The van der Waals surface area contributed by atoms with Gasteiger partial charge in [-0.05, 0) is 0 Å². The van der Waals surface area contributed by atoms with Crippen molar-refractivity contribution in [2.45, 2.75) is 11.9 Å². The summed E-state index contributed by atoms with van der Waals surface area (Å²) in [5.74, 6) is 0. The second-order valence-corrected chi connectivity index (χ2v) is 2.88. The third-order valence-corrected chi connectivity index (χ3v) is 1.61. The Balaban J connectivity index is 3.02. The molecule has 0 aliphatic rings. The minimum absolute atomic E-state index is 0.0209.